The lowest BCUT2D eigenvalue weighted by molar-refractivity contribution is 0.00446. The molecule has 0 bridgehead atoms. The number of hydrogen-bond donors (Lipinski definition) is 5. The van der Waals surface area contributed by atoms with Gasteiger partial charge in [-0.2, -0.15) is 4.98 Å². The summed E-state index contributed by atoms with van der Waals surface area (Å²) in [7, 11) is 0. The molecule has 27 heavy (non-hydrogen) atoms. The fourth-order valence-electron chi connectivity index (χ4n) is 3.33. The maximum Gasteiger partial charge on any atom is 0.223 e. The number of aryl methyl sites for hydroxylation is 1. The molecule has 2 heterocycles. The maximum absolute atomic E-state index is 10.3. The molecule has 0 spiro atoms. The third-order valence-corrected chi connectivity index (χ3v) is 5.70. The molecule has 3 rings (SSSR count). The number of anilines is 2. The maximum atomic E-state index is 10.3. The Balaban J connectivity index is 2.02. The Hall–Kier alpha value is -1.65. The van der Waals surface area contributed by atoms with E-state index in [4.69, 9.17) is 17.3 Å². The van der Waals surface area contributed by atoms with E-state index in [9.17, 15) is 15.3 Å². The van der Waals surface area contributed by atoms with Gasteiger partial charge in [0.1, 0.15) is 17.1 Å². The SMILES string of the molecule is CSc1ccc(-c2c(Cl)nc(N)nc2N[C@@H]2C[C@H](CO)[C@@H](O)[C@H]2O)c(C)n1. The molecule has 4 atom stereocenters. The molecule has 1 aliphatic rings. The zero-order valence-electron chi connectivity index (χ0n) is 14.9. The van der Waals surface area contributed by atoms with E-state index in [1.165, 1.54) is 11.8 Å². The second-order valence-electron chi connectivity index (χ2n) is 6.49. The summed E-state index contributed by atoms with van der Waals surface area (Å²) in [6.45, 7) is 1.65. The molecule has 10 heteroatoms. The summed E-state index contributed by atoms with van der Waals surface area (Å²) in [5.41, 5.74) is 7.78. The molecular weight excluding hydrogens is 390 g/mol. The highest BCUT2D eigenvalue weighted by atomic mass is 35.5. The van der Waals surface area contributed by atoms with Crippen molar-refractivity contribution in [3.05, 3.63) is 23.0 Å². The van der Waals surface area contributed by atoms with Gasteiger partial charge in [-0.15, -0.1) is 11.8 Å². The van der Waals surface area contributed by atoms with Gasteiger partial charge < -0.3 is 26.4 Å². The number of halogens is 1. The van der Waals surface area contributed by atoms with Crippen LogP contribution >= 0.6 is 23.4 Å². The van der Waals surface area contributed by atoms with E-state index in [0.717, 1.165) is 16.3 Å². The molecule has 0 amide bonds. The summed E-state index contributed by atoms with van der Waals surface area (Å²) in [6, 6.07) is 3.25. The largest absolute Gasteiger partial charge is 0.396 e. The highest BCUT2D eigenvalue weighted by molar-refractivity contribution is 7.98. The zero-order valence-corrected chi connectivity index (χ0v) is 16.5. The van der Waals surface area contributed by atoms with Crippen molar-refractivity contribution in [2.24, 2.45) is 5.92 Å². The number of aliphatic hydroxyl groups excluding tert-OH is 3. The lowest BCUT2D eigenvalue weighted by Crippen LogP contribution is -2.35. The highest BCUT2D eigenvalue weighted by Crippen LogP contribution is 2.37. The molecule has 6 N–H and O–H groups in total. The number of nitrogens with two attached hydrogens (primary N) is 1. The van der Waals surface area contributed by atoms with E-state index in [2.05, 4.69) is 20.3 Å². The molecule has 0 aromatic carbocycles. The number of rotatable bonds is 5. The Morgan fingerprint density at radius 3 is 2.59 bits per heavy atom. The van der Waals surface area contributed by atoms with Crippen LogP contribution in [0.3, 0.4) is 0 Å². The molecule has 0 unspecified atom stereocenters. The third-order valence-electron chi connectivity index (χ3n) is 4.78. The molecule has 1 aliphatic carbocycles. The van der Waals surface area contributed by atoms with Gasteiger partial charge in [0.15, 0.2) is 0 Å². The van der Waals surface area contributed by atoms with Gasteiger partial charge in [0.05, 0.1) is 22.7 Å². The van der Waals surface area contributed by atoms with Crippen LogP contribution < -0.4 is 11.1 Å². The Bertz CT molecular complexity index is 840. The normalized spacial score (nSPS) is 25.0. The van der Waals surface area contributed by atoms with Crippen LogP contribution in [0.1, 0.15) is 12.1 Å². The number of aliphatic hydroxyl groups is 3. The minimum atomic E-state index is -1.05. The van der Waals surface area contributed by atoms with Gasteiger partial charge in [-0.25, -0.2) is 9.97 Å². The summed E-state index contributed by atoms with van der Waals surface area (Å²) in [6.07, 6.45) is 0.249. The van der Waals surface area contributed by atoms with E-state index in [1.54, 1.807) is 0 Å². The number of pyridine rings is 1. The number of nitrogen functional groups attached to an aromatic ring is 1. The Morgan fingerprint density at radius 2 is 2.00 bits per heavy atom. The molecule has 0 radical (unpaired) electrons. The monoisotopic (exact) mass is 411 g/mol. The van der Waals surface area contributed by atoms with Gasteiger partial charge in [-0.05, 0) is 31.7 Å². The highest BCUT2D eigenvalue weighted by Gasteiger charge is 2.41. The van der Waals surface area contributed by atoms with Crippen molar-refractivity contribution in [3.8, 4) is 11.1 Å². The van der Waals surface area contributed by atoms with Crippen LogP contribution in [0.15, 0.2) is 17.2 Å². The second kappa shape index (κ2) is 8.15. The molecule has 0 aliphatic heterocycles. The standard InChI is InChI=1S/C17H22ClN5O3S/c1-7-9(3-4-11(20-7)27-2)12-15(18)22-17(19)23-16(12)21-10-5-8(6-24)13(25)14(10)26/h3-4,8,10,13-14,24-26H,5-6H2,1-2H3,(H3,19,21,22,23)/t8-,10-,13-,14+/m1/s1. The van der Waals surface area contributed by atoms with Crippen molar-refractivity contribution < 1.29 is 15.3 Å². The molecule has 1 saturated carbocycles. The van der Waals surface area contributed by atoms with Crippen LogP contribution in [0.4, 0.5) is 11.8 Å². The molecule has 0 saturated heterocycles. The van der Waals surface area contributed by atoms with Crippen LogP contribution in [0.5, 0.6) is 0 Å². The molecule has 2 aromatic heterocycles. The zero-order chi connectivity index (χ0) is 19.7. The van der Waals surface area contributed by atoms with Crippen molar-refractivity contribution in [2.75, 3.05) is 23.9 Å². The minimum absolute atomic E-state index is 0.00987. The molecule has 8 nitrogen and oxygen atoms in total. The first-order valence-electron chi connectivity index (χ1n) is 8.44. The van der Waals surface area contributed by atoms with Gasteiger partial charge >= 0.3 is 0 Å². The van der Waals surface area contributed by atoms with Crippen LogP contribution in [0.2, 0.25) is 5.15 Å². The first-order valence-corrected chi connectivity index (χ1v) is 10.0. The van der Waals surface area contributed by atoms with E-state index in [-0.39, 0.29) is 17.7 Å². The fourth-order valence-corrected chi connectivity index (χ4v) is 4.04. The summed E-state index contributed by atoms with van der Waals surface area (Å²) < 4.78 is 0. The Morgan fingerprint density at radius 1 is 1.26 bits per heavy atom. The first-order chi connectivity index (χ1) is 12.8. The first kappa shape index (κ1) is 20.1. The average molecular weight is 412 g/mol. The van der Waals surface area contributed by atoms with Crippen molar-refractivity contribution in [1.82, 2.24) is 15.0 Å². The average Bonchev–Trinajstić information content (AvgIpc) is 2.90. The smallest absolute Gasteiger partial charge is 0.223 e. The van der Waals surface area contributed by atoms with Crippen molar-refractivity contribution in [1.29, 1.82) is 0 Å². The second-order valence-corrected chi connectivity index (χ2v) is 7.68. The van der Waals surface area contributed by atoms with E-state index in [0.29, 0.717) is 17.8 Å². The topological polar surface area (TPSA) is 137 Å². The molecule has 2 aromatic rings. The summed E-state index contributed by atoms with van der Waals surface area (Å²) in [5.74, 6) is -0.0756. The van der Waals surface area contributed by atoms with Gasteiger partial charge in [0.2, 0.25) is 5.95 Å². The predicted octanol–water partition coefficient (Wildman–Crippen LogP) is 1.32. The van der Waals surface area contributed by atoms with E-state index < -0.39 is 24.2 Å². The van der Waals surface area contributed by atoms with Crippen LogP contribution in [0, 0.1) is 12.8 Å². The molecule has 1 fully saturated rings. The quantitative estimate of drug-likeness (QED) is 0.364. The predicted molar refractivity (Wildman–Crippen MR) is 106 cm³/mol. The summed E-state index contributed by atoms with van der Waals surface area (Å²) >= 11 is 7.90. The third kappa shape index (κ3) is 3.97. The van der Waals surface area contributed by atoms with Crippen LogP contribution in [-0.2, 0) is 0 Å². The van der Waals surface area contributed by atoms with E-state index >= 15 is 0 Å². The number of nitrogens with zero attached hydrogens (tertiary/aromatic N) is 3. The minimum Gasteiger partial charge on any atom is -0.396 e. The van der Waals surface area contributed by atoms with Gasteiger partial charge in [-0.3, -0.25) is 0 Å². The van der Waals surface area contributed by atoms with Gasteiger partial charge in [0.25, 0.3) is 0 Å². The number of hydrogen-bond acceptors (Lipinski definition) is 9. The Labute approximate surface area is 166 Å². The summed E-state index contributed by atoms with van der Waals surface area (Å²) in [5, 5.41) is 33.9. The number of nitrogens with one attached hydrogen (secondary N) is 1. The summed E-state index contributed by atoms with van der Waals surface area (Å²) in [4.78, 5) is 12.8. The van der Waals surface area contributed by atoms with Crippen molar-refractivity contribution >= 4 is 35.1 Å². The van der Waals surface area contributed by atoms with Gasteiger partial charge in [0, 0.05) is 23.8 Å². The molecule has 146 valence electrons. The number of aromatic nitrogens is 3. The lowest BCUT2D eigenvalue weighted by atomic mass is 10.1. The van der Waals surface area contributed by atoms with Crippen LogP contribution in [0.25, 0.3) is 11.1 Å². The number of thioether (sulfide) groups is 1. The van der Waals surface area contributed by atoms with Crippen molar-refractivity contribution in [3.63, 3.8) is 0 Å². The lowest BCUT2D eigenvalue weighted by Gasteiger charge is -2.21. The van der Waals surface area contributed by atoms with Crippen molar-refractivity contribution in [2.45, 2.75) is 36.6 Å². The fraction of sp³-hybridized carbons (Fsp3) is 0.471. The van der Waals surface area contributed by atoms with Gasteiger partial charge in [-0.1, -0.05) is 11.6 Å². The molecular formula is C17H22ClN5O3S. The van der Waals surface area contributed by atoms with Crippen LogP contribution in [-0.4, -0.2) is 61.4 Å². The van der Waals surface area contributed by atoms with E-state index in [1.807, 2.05) is 25.3 Å². The Kier molecular flexibility index (Phi) is 6.07.